The zero-order chi connectivity index (χ0) is 11.3. The van der Waals surface area contributed by atoms with Crippen LogP contribution >= 0.6 is 11.8 Å². The minimum Gasteiger partial charge on any atom is -0.409 e. The minimum absolute atomic E-state index is 0.168. The highest BCUT2D eigenvalue weighted by atomic mass is 32.2. The summed E-state index contributed by atoms with van der Waals surface area (Å²) in [6.45, 7) is 4.33. The van der Waals surface area contributed by atoms with Crippen molar-refractivity contribution in [2.24, 2.45) is 16.8 Å². The molecule has 0 heterocycles. The standard InChI is InChI=1S/C11H16N2OS/c1-8(2)7-15-10-6-4-3-5-9(10)11(12)13-14/h3-6,8,14H,7H2,1-2H3,(H2,12,13). The van der Waals surface area contributed by atoms with Crippen LogP contribution in [-0.2, 0) is 0 Å². The molecule has 0 aliphatic heterocycles. The van der Waals surface area contributed by atoms with Crippen molar-refractivity contribution in [3.05, 3.63) is 29.8 Å². The van der Waals surface area contributed by atoms with E-state index in [0.717, 1.165) is 16.2 Å². The van der Waals surface area contributed by atoms with Crippen LogP contribution in [0.25, 0.3) is 0 Å². The normalized spacial score (nSPS) is 12.1. The lowest BCUT2D eigenvalue weighted by Gasteiger charge is -2.08. The molecule has 0 atom stereocenters. The zero-order valence-electron chi connectivity index (χ0n) is 8.97. The Morgan fingerprint density at radius 2 is 2.13 bits per heavy atom. The molecule has 15 heavy (non-hydrogen) atoms. The van der Waals surface area contributed by atoms with Crippen LogP contribution in [0.3, 0.4) is 0 Å². The first-order chi connectivity index (χ1) is 7.15. The Morgan fingerprint density at radius 1 is 1.47 bits per heavy atom. The summed E-state index contributed by atoms with van der Waals surface area (Å²) in [6.07, 6.45) is 0. The number of rotatable bonds is 4. The van der Waals surface area contributed by atoms with Crippen LogP contribution in [0, 0.1) is 5.92 Å². The fourth-order valence-electron chi connectivity index (χ4n) is 1.11. The second-order valence-electron chi connectivity index (χ2n) is 3.69. The molecule has 1 aromatic rings. The molecule has 0 aliphatic rings. The number of oxime groups is 1. The molecule has 0 fully saturated rings. The Bertz CT molecular complexity index is 350. The lowest BCUT2D eigenvalue weighted by atomic mass is 10.2. The van der Waals surface area contributed by atoms with Gasteiger partial charge in [-0.25, -0.2) is 0 Å². The lowest BCUT2D eigenvalue weighted by Crippen LogP contribution is -2.14. The Labute approximate surface area is 94.4 Å². The Balaban J connectivity index is 2.87. The summed E-state index contributed by atoms with van der Waals surface area (Å²) in [5, 5.41) is 11.7. The van der Waals surface area contributed by atoms with Crippen LogP contribution < -0.4 is 5.73 Å². The fourth-order valence-corrected chi connectivity index (χ4v) is 2.13. The van der Waals surface area contributed by atoms with Gasteiger partial charge in [-0.1, -0.05) is 37.2 Å². The van der Waals surface area contributed by atoms with E-state index in [2.05, 4.69) is 19.0 Å². The van der Waals surface area contributed by atoms with Gasteiger partial charge in [0.05, 0.1) is 0 Å². The van der Waals surface area contributed by atoms with Gasteiger partial charge in [0.15, 0.2) is 5.84 Å². The third kappa shape index (κ3) is 3.47. The van der Waals surface area contributed by atoms with Crippen molar-refractivity contribution in [2.75, 3.05) is 5.75 Å². The largest absolute Gasteiger partial charge is 0.409 e. The number of amidine groups is 1. The van der Waals surface area contributed by atoms with Gasteiger partial charge in [-0.15, -0.1) is 11.8 Å². The molecule has 0 radical (unpaired) electrons. The van der Waals surface area contributed by atoms with Crippen molar-refractivity contribution < 1.29 is 5.21 Å². The number of benzene rings is 1. The van der Waals surface area contributed by atoms with E-state index in [0.29, 0.717) is 5.92 Å². The van der Waals surface area contributed by atoms with Crippen LogP contribution in [0.5, 0.6) is 0 Å². The second-order valence-corrected chi connectivity index (χ2v) is 4.75. The maximum atomic E-state index is 8.64. The van der Waals surface area contributed by atoms with Crippen LogP contribution in [0.1, 0.15) is 19.4 Å². The summed E-state index contributed by atoms with van der Waals surface area (Å²) in [5.74, 6) is 1.81. The first kappa shape index (κ1) is 11.9. The quantitative estimate of drug-likeness (QED) is 0.272. The fraction of sp³-hybridized carbons (Fsp3) is 0.364. The molecule has 4 heteroatoms. The summed E-state index contributed by atoms with van der Waals surface area (Å²) >= 11 is 1.73. The first-order valence-electron chi connectivity index (χ1n) is 4.85. The van der Waals surface area contributed by atoms with Crippen LogP contribution in [0.4, 0.5) is 0 Å². The van der Waals surface area contributed by atoms with E-state index >= 15 is 0 Å². The first-order valence-corrected chi connectivity index (χ1v) is 5.83. The smallest absolute Gasteiger partial charge is 0.171 e. The van der Waals surface area contributed by atoms with Gasteiger partial charge in [-0.05, 0) is 12.0 Å². The van der Waals surface area contributed by atoms with E-state index in [1.54, 1.807) is 11.8 Å². The highest BCUT2D eigenvalue weighted by Crippen LogP contribution is 2.24. The van der Waals surface area contributed by atoms with Gasteiger partial charge in [0.25, 0.3) is 0 Å². The molecule has 0 saturated carbocycles. The number of hydrogen-bond donors (Lipinski definition) is 2. The van der Waals surface area contributed by atoms with Gasteiger partial charge in [-0.2, -0.15) is 0 Å². The van der Waals surface area contributed by atoms with Gasteiger partial charge < -0.3 is 10.9 Å². The third-order valence-corrected chi connectivity index (χ3v) is 3.34. The average molecular weight is 224 g/mol. The summed E-state index contributed by atoms with van der Waals surface area (Å²) < 4.78 is 0. The molecule has 3 nitrogen and oxygen atoms in total. The van der Waals surface area contributed by atoms with Crippen molar-refractivity contribution >= 4 is 17.6 Å². The van der Waals surface area contributed by atoms with E-state index < -0.39 is 0 Å². The van der Waals surface area contributed by atoms with Crippen molar-refractivity contribution in [2.45, 2.75) is 18.7 Å². The van der Waals surface area contributed by atoms with E-state index in [-0.39, 0.29) is 5.84 Å². The SMILES string of the molecule is CC(C)CSc1ccccc1/C(N)=N/O. The third-order valence-electron chi connectivity index (χ3n) is 1.84. The summed E-state index contributed by atoms with van der Waals surface area (Å²) in [5.41, 5.74) is 6.39. The minimum atomic E-state index is 0.168. The van der Waals surface area contributed by atoms with Gasteiger partial charge >= 0.3 is 0 Å². The Hall–Kier alpha value is -1.16. The predicted octanol–water partition coefficient (Wildman–Crippen LogP) is 2.53. The molecule has 82 valence electrons. The molecule has 1 rings (SSSR count). The number of nitrogens with zero attached hydrogens (tertiary/aromatic N) is 1. The molecule has 0 unspecified atom stereocenters. The van der Waals surface area contributed by atoms with E-state index in [1.807, 2.05) is 24.3 Å². The Kier molecular flexibility index (Phi) is 4.49. The number of nitrogens with two attached hydrogens (primary N) is 1. The van der Waals surface area contributed by atoms with E-state index in [9.17, 15) is 0 Å². The summed E-state index contributed by atoms with van der Waals surface area (Å²) in [7, 11) is 0. The van der Waals surface area contributed by atoms with Gasteiger partial charge in [-0.3, -0.25) is 0 Å². The molecule has 1 aromatic carbocycles. The molecule has 3 N–H and O–H groups in total. The maximum Gasteiger partial charge on any atom is 0.171 e. The average Bonchev–Trinajstić information content (AvgIpc) is 2.25. The molecule has 0 spiro atoms. The topological polar surface area (TPSA) is 58.6 Å². The van der Waals surface area contributed by atoms with Crippen LogP contribution in [-0.4, -0.2) is 16.8 Å². The van der Waals surface area contributed by atoms with Crippen LogP contribution in [0.2, 0.25) is 0 Å². The van der Waals surface area contributed by atoms with Gasteiger partial charge in [0, 0.05) is 16.2 Å². The van der Waals surface area contributed by atoms with Crippen molar-refractivity contribution in [3.63, 3.8) is 0 Å². The monoisotopic (exact) mass is 224 g/mol. The molecule has 0 aliphatic carbocycles. The molecule has 0 saturated heterocycles. The predicted molar refractivity (Wildman–Crippen MR) is 64.5 cm³/mol. The number of thioether (sulfide) groups is 1. The summed E-state index contributed by atoms with van der Waals surface area (Å²) in [6, 6.07) is 7.68. The summed E-state index contributed by atoms with van der Waals surface area (Å²) in [4.78, 5) is 1.06. The van der Waals surface area contributed by atoms with Gasteiger partial charge in [0.1, 0.15) is 0 Å². The lowest BCUT2D eigenvalue weighted by molar-refractivity contribution is 0.318. The Morgan fingerprint density at radius 3 is 2.73 bits per heavy atom. The molecule has 0 amide bonds. The van der Waals surface area contributed by atoms with Crippen LogP contribution in [0.15, 0.2) is 34.3 Å². The molecular formula is C11H16N2OS. The van der Waals surface area contributed by atoms with Crippen molar-refractivity contribution in [1.82, 2.24) is 0 Å². The zero-order valence-corrected chi connectivity index (χ0v) is 9.79. The molecule has 0 bridgehead atoms. The second kappa shape index (κ2) is 5.66. The molecule has 0 aromatic heterocycles. The van der Waals surface area contributed by atoms with Crippen molar-refractivity contribution in [3.8, 4) is 0 Å². The van der Waals surface area contributed by atoms with E-state index in [4.69, 9.17) is 10.9 Å². The number of hydrogen-bond acceptors (Lipinski definition) is 3. The highest BCUT2D eigenvalue weighted by Gasteiger charge is 2.07. The highest BCUT2D eigenvalue weighted by molar-refractivity contribution is 7.99. The van der Waals surface area contributed by atoms with Crippen molar-refractivity contribution in [1.29, 1.82) is 0 Å². The molecular weight excluding hydrogens is 208 g/mol. The van der Waals surface area contributed by atoms with E-state index in [1.165, 1.54) is 0 Å². The maximum absolute atomic E-state index is 8.64. The van der Waals surface area contributed by atoms with Gasteiger partial charge in [0.2, 0.25) is 0 Å².